The topological polar surface area (TPSA) is 53.5 Å². The number of hydrogen-bond acceptors (Lipinski definition) is 3. The van der Waals surface area contributed by atoms with Crippen LogP contribution >= 0.6 is 0 Å². The van der Waals surface area contributed by atoms with E-state index >= 15 is 0 Å². The van der Waals surface area contributed by atoms with Gasteiger partial charge in [-0.15, -0.1) is 0 Å². The summed E-state index contributed by atoms with van der Waals surface area (Å²) in [5.41, 5.74) is 0.860. The molecule has 1 aliphatic rings. The average molecular weight is 235 g/mol. The van der Waals surface area contributed by atoms with Crippen LogP contribution in [0.1, 0.15) is 18.5 Å². The summed E-state index contributed by atoms with van der Waals surface area (Å²) in [5.74, 6) is -0.132. The van der Waals surface area contributed by atoms with Gasteiger partial charge in [0.1, 0.15) is 5.82 Å². The van der Waals surface area contributed by atoms with Crippen molar-refractivity contribution in [2.45, 2.75) is 13.0 Å². The number of halogens is 1. The fourth-order valence-electron chi connectivity index (χ4n) is 1.65. The van der Waals surface area contributed by atoms with Crippen LogP contribution in [-0.2, 0) is 4.79 Å². The molecule has 2 N–H and O–H groups in total. The van der Waals surface area contributed by atoms with E-state index in [-0.39, 0.29) is 17.8 Å². The van der Waals surface area contributed by atoms with Gasteiger partial charge in [-0.2, -0.15) is 0 Å². The van der Waals surface area contributed by atoms with Crippen LogP contribution in [0.5, 0.6) is 0 Å². The van der Waals surface area contributed by atoms with Crippen molar-refractivity contribution in [3.63, 3.8) is 0 Å². The van der Waals surface area contributed by atoms with Crippen molar-refractivity contribution in [3.8, 4) is 0 Å². The van der Waals surface area contributed by atoms with Crippen LogP contribution < -0.4 is 10.6 Å². The number of rotatable bonds is 3. The van der Waals surface area contributed by atoms with Crippen LogP contribution in [0.3, 0.4) is 0 Å². The van der Waals surface area contributed by atoms with Crippen LogP contribution in [0.15, 0.2) is 29.3 Å². The lowest BCUT2D eigenvalue weighted by Gasteiger charge is -2.14. The van der Waals surface area contributed by atoms with Gasteiger partial charge in [-0.1, -0.05) is 12.1 Å². The maximum atomic E-state index is 12.7. The Kier molecular flexibility index (Phi) is 3.37. The predicted octanol–water partition coefficient (Wildman–Crippen LogP) is 1.00. The van der Waals surface area contributed by atoms with Crippen molar-refractivity contribution in [2.75, 3.05) is 13.1 Å². The summed E-state index contributed by atoms with van der Waals surface area (Å²) in [6, 6.07) is 5.90. The van der Waals surface area contributed by atoms with Crippen LogP contribution in [0.25, 0.3) is 0 Å². The van der Waals surface area contributed by atoms with Gasteiger partial charge in [-0.25, -0.2) is 4.39 Å². The van der Waals surface area contributed by atoms with Crippen molar-refractivity contribution < 1.29 is 9.18 Å². The van der Waals surface area contributed by atoms with Gasteiger partial charge in [0.15, 0.2) is 5.84 Å². The second-order valence-electron chi connectivity index (χ2n) is 3.90. The molecule has 0 aliphatic carbocycles. The van der Waals surface area contributed by atoms with E-state index in [1.807, 2.05) is 6.92 Å². The number of amides is 1. The predicted molar refractivity (Wildman–Crippen MR) is 63.3 cm³/mol. The summed E-state index contributed by atoms with van der Waals surface area (Å²) in [4.78, 5) is 15.7. The normalized spacial score (nSPS) is 16.0. The molecule has 0 bridgehead atoms. The first-order valence-corrected chi connectivity index (χ1v) is 5.51. The summed E-state index contributed by atoms with van der Waals surface area (Å²) in [5, 5.41) is 5.70. The molecule has 1 aromatic rings. The molecule has 0 aromatic heterocycles. The molecule has 0 unspecified atom stereocenters. The lowest BCUT2D eigenvalue weighted by Crippen LogP contribution is -2.38. The molecule has 0 saturated carbocycles. The van der Waals surface area contributed by atoms with E-state index < -0.39 is 0 Å². The molecule has 1 amide bonds. The van der Waals surface area contributed by atoms with E-state index in [1.54, 1.807) is 12.1 Å². The van der Waals surface area contributed by atoms with Gasteiger partial charge in [-0.3, -0.25) is 9.79 Å². The Balaban J connectivity index is 1.98. The van der Waals surface area contributed by atoms with E-state index in [0.29, 0.717) is 18.9 Å². The number of carbonyl (C=O) groups excluding carboxylic acids is 1. The van der Waals surface area contributed by atoms with Crippen LogP contribution in [0.2, 0.25) is 0 Å². The van der Waals surface area contributed by atoms with Gasteiger partial charge in [0, 0.05) is 6.54 Å². The van der Waals surface area contributed by atoms with Crippen LogP contribution in [0, 0.1) is 5.82 Å². The second kappa shape index (κ2) is 4.95. The van der Waals surface area contributed by atoms with E-state index in [0.717, 1.165) is 5.56 Å². The third-order valence-corrected chi connectivity index (χ3v) is 2.61. The number of nitrogens with one attached hydrogen (secondary N) is 2. The molecule has 90 valence electrons. The molecule has 17 heavy (non-hydrogen) atoms. The molecular weight excluding hydrogens is 221 g/mol. The standard InChI is InChI=1S/C12H14FN3O/c1-8(9-2-4-10(13)5-3-9)16-12(17)11-14-6-7-15-11/h2-5,8H,6-7H2,1H3,(H,14,15)(H,16,17)/t8-/m0/s1. The third-order valence-electron chi connectivity index (χ3n) is 2.61. The van der Waals surface area contributed by atoms with E-state index in [4.69, 9.17) is 0 Å². The number of amidine groups is 1. The summed E-state index contributed by atoms with van der Waals surface area (Å²) >= 11 is 0. The van der Waals surface area contributed by atoms with Gasteiger partial charge < -0.3 is 10.6 Å². The molecule has 0 radical (unpaired) electrons. The zero-order chi connectivity index (χ0) is 12.3. The summed E-state index contributed by atoms with van der Waals surface area (Å²) < 4.78 is 12.7. The van der Waals surface area contributed by atoms with Gasteiger partial charge in [-0.05, 0) is 24.6 Å². The maximum absolute atomic E-state index is 12.7. The number of benzene rings is 1. The molecule has 5 heteroatoms. The average Bonchev–Trinajstić information content (AvgIpc) is 2.83. The van der Waals surface area contributed by atoms with Gasteiger partial charge in [0.25, 0.3) is 5.91 Å². The van der Waals surface area contributed by atoms with Gasteiger partial charge in [0.2, 0.25) is 0 Å². The molecule has 1 heterocycles. The first kappa shape index (κ1) is 11.6. The Labute approximate surface area is 98.9 Å². The smallest absolute Gasteiger partial charge is 0.286 e. The number of hydrogen-bond donors (Lipinski definition) is 2. The highest BCUT2D eigenvalue weighted by molar-refractivity contribution is 6.38. The monoisotopic (exact) mass is 235 g/mol. The number of nitrogens with zero attached hydrogens (tertiary/aromatic N) is 1. The Morgan fingerprint density at radius 1 is 1.47 bits per heavy atom. The SMILES string of the molecule is C[C@H](NC(=O)C1=NCCN1)c1ccc(F)cc1. The maximum Gasteiger partial charge on any atom is 0.286 e. The van der Waals surface area contributed by atoms with Crippen LogP contribution in [-0.4, -0.2) is 24.8 Å². The van der Waals surface area contributed by atoms with Crippen molar-refractivity contribution >= 4 is 11.7 Å². The van der Waals surface area contributed by atoms with E-state index in [1.165, 1.54) is 12.1 Å². The minimum Gasteiger partial charge on any atom is -0.364 e. The summed E-state index contributed by atoms with van der Waals surface area (Å²) in [7, 11) is 0. The molecule has 0 fully saturated rings. The molecule has 0 spiro atoms. The molecule has 1 atom stereocenters. The Hall–Kier alpha value is -1.91. The number of carbonyl (C=O) groups is 1. The number of aliphatic imine (C=N–C) groups is 1. The van der Waals surface area contributed by atoms with Crippen molar-refractivity contribution in [2.24, 2.45) is 4.99 Å². The van der Waals surface area contributed by atoms with Crippen molar-refractivity contribution in [1.82, 2.24) is 10.6 Å². The van der Waals surface area contributed by atoms with Crippen LogP contribution in [0.4, 0.5) is 4.39 Å². The van der Waals surface area contributed by atoms with E-state index in [9.17, 15) is 9.18 Å². The van der Waals surface area contributed by atoms with Gasteiger partial charge >= 0.3 is 0 Å². The highest BCUT2D eigenvalue weighted by atomic mass is 19.1. The third kappa shape index (κ3) is 2.81. The largest absolute Gasteiger partial charge is 0.364 e. The molecule has 1 aliphatic heterocycles. The highest BCUT2D eigenvalue weighted by Gasteiger charge is 2.17. The zero-order valence-corrected chi connectivity index (χ0v) is 9.53. The first-order valence-electron chi connectivity index (χ1n) is 5.51. The van der Waals surface area contributed by atoms with Crippen molar-refractivity contribution in [1.29, 1.82) is 0 Å². The molecule has 0 saturated heterocycles. The fourth-order valence-corrected chi connectivity index (χ4v) is 1.65. The van der Waals surface area contributed by atoms with Gasteiger partial charge in [0.05, 0.1) is 12.6 Å². The first-order chi connectivity index (χ1) is 8.16. The zero-order valence-electron chi connectivity index (χ0n) is 9.53. The quantitative estimate of drug-likeness (QED) is 0.821. The Morgan fingerprint density at radius 2 is 2.18 bits per heavy atom. The Morgan fingerprint density at radius 3 is 2.76 bits per heavy atom. The molecule has 4 nitrogen and oxygen atoms in total. The van der Waals surface area contributed by atoms with Crippen molar-refractivity contribution in [3.05, 3.63) is 35.6 Å². The molecule has 1 aromatic carbocycles. The lowest BCUT2D eigenvalue weighted by molar-refractivity contribution is -0.115. The fraction of sp³-hybridized carbons (Fsp3) is 0.333. The molecule has 2 rings (SSSR count). The molecular formula is C12H14FN3O. The summed E-state index contributed by atoms with van der Waals surface area (Å²) in [6.45, 7) is 3.18. The van der Waals surface area contributed by atoms with E-state index in [2.05, 4.69) is 15.6 Å². The lowest BCUT2D eigenvalue weighted by atomic mass is 10.1. The highest BCUT2D eigenvalue weighted by Crippen LogP contribution is 2.12. The second-order valence-corrected chi connectivity index (χ2v) is 3.90. The minimum absolute atomic E-state index is 0.173. The minimum atomic E-state index is -0.283. The summed E-state index contributed by atoms with van der Waals surface area (Å²) in [6.07, 6.45) is 0. The Bertz CT molecular complexity index is 442.